The quantitative estimate of drug-likeness (QED) is 0.443. The molecule has 4 rings (SSSR count). The molecular formula is C22H22N4O4S. The molecule has 2 heterocycles. The van der Waals surface area contributed by atoms with Gasteiger partial charge in [-0.1, -0.05) is 17.4 Å². The zero-order valence-corrected chi connectivity index (χ0v) is 18.2. The van der Waals surface area contributed by atoms with Gasteiger partial charge in [0.15, 0.2) is 6.61 Å². The molecule has 0 unspecified atom stereocenters. The van der Waals surface area contributed by atoms with Gasteiger partial charge in [-0.25, -0.2) is 4.98 Å². The number of hydrogen-bond acceptors (Lipinski definition) is 7. The van der Waals surface area contributed by atoms with Crippen molar-refractivity contribution >= 4 is 33.3 Å². The van der Waals surface area contributed by atoms with Crippen LogP contribution in [0.4, 0.5) is 5.82 Å². The lowest BCUT2D eigenvalue weighted by Crippen LogP contribution is -2.21. The fourth-order valence-electron chi connectivity index (χ4n) is 3.01. The van der Waals surface area contributed by atoms with E-state index in [0.717, 1.165) is 27.4 Å². The molecule has 0 atom stereocenters. The van der Waals surface area contributed by atoms with Gasteiger partial charge in [-0.05, 0) is 50.2 Å². The lowest BCUT2D eigenvalue weighted by Gasteiger charge is -2.08. The van der Waals surface area contributed by atoms with E-state index < -0.39 is 0 Å². The number of hydrogen-bond donors (Lipinski definition) is 1. The summed E-state index contributed by atoms with van der Waals surface area (Å²) in [7, 11) is 1.59. The Labute approximate surface area is 183 Å². The number of anilines is 1. The van der Waals surface area contributed by atoms with Gasteiger partial charge in [0.1, 0.15) is 28.6 Å². The molecule has 0 fully saturated rings. The predicted molar refractivity (Wildman–Crippen MR) is 120 cm³/mol. The van der Waals surface area contributed by atoms with E-state index in [0.29, 0.717) is 23.3 Å². The number of aromatic nitrogens is 3. The zero-order chi connectivity index (χ0) is 21.8. The molecule has 0 bridgehead atoms. The van der Waals surface area contributed by atoms with Crippen molar-refractivity contribution in [1.82, 2.24) is 14.8 Å². The summed E-state index contributed by atoms with van der Waals surface area (Å²) < 4.78 is 19.0. The molecule has 1 N–H and O–H groups in total. The number of fused-ring (bicyclic) bond motifs is 1. The third-order valence-corrected chi connectivity index (χ3v) is 5.38. The van der Waals surface area contributed by atoms with Gasteiger partial charge in [-0.3, -0.25) is 4.79 Å². The molecule has 0 radical (unpaired) electrons. The average Bonchev–Trinajstić information content (AvgIpc) is 3.36. The Balaban J connectivity index is 1.51. The standard InChI is InChI=1S/C22H22N4O4S/c1-4-29-17-6-5-7-18-21(17)24-22(31-18)26-19(12-14(2)25-26)23-20(27)13-30-16-10-8-15(28-3)9-11-16/h5-12H,4,13H2,1-3H3,(H,23,27). The maximum atomic E-state index is 12.5. The lowest BCUT2D eigenvalue weighted by atomic mass is 10.3. The zero-order valence-electron chi connectivity index (χ0n) is 17.4. The van der Waals surface area contributed by atoms with Crippen LogP contribution in [0.3, 0.4) is 0 Å². The Morgan fingerprint density at radius 3 is 2.65 bits per heavy atom. The Bertz CT molecular complexity index is 1200. The second kappa shape index (κ2) is 9.05. The largest absolute Gasteiger partial charge is 0.497 e. The maximum absolute atomic E-state index is 12.5. The van der Waals surface area contributed by atoms with Crippen molar-refractivity contribution < 1.29 is 19.0 Å². The molecule has 31 heavy (non-hydrogen) atoms. The first-order valence-corrected chi connectivity index (χ1v) is 10.5. The number of carbonyl (C=O) groups is 1. The van der Waals surface area contributed by atoms with Crippen molar-refractivity contribution in [2.45, 2.75) is 13.8 Å². The van der Waals surface area contributed by atoms with Crippen molar-refractivity contribution in [1.29, 1.82) is 0 Å². The summed E-state index contributed by atoms with van der Waals surface area (Å²) in [5, 5.41) is 7.99. The molecule has 0 aliphatic rings. The number of para-hydroxylation sites is 1. The molecule has 2 aromatic carbocycles. The summed E-state index contributed by atoms with van der Waals surface area (Å²) in [5.41, 5.74) is 1.54. The number of benzene rings is 2. The topological polar surface area (TPSA) is 87.5 Å². The van der Waals surface area contributed by atoms with Crippen molar-refractivity contribution in [3.8, 4) is 22.4 Å². The SMILES string of the molecule is CCOc1cccc2sc(-n3nc(C)cc3NC(=O)COc3ccc(OC)cc3)nc12. The number of methoxy groups -OCH3 is 1. The molecule has 8 nitrogen and oxygen atoms in total. The molecule has 0 saturated heterocycles. The average molecular weight is 439 g/mol. The summed E-state index contributed by atoms with van der Waals surface area (Å²) in [6, 6.07) is 14.6. The molecule has 2 aromatic heterocycles. The smallest absolute Gasteiger partial charge is 0.263 e. The third kappa shape index (κ3) is 4.61. The van der Waals surface area contributed by atoms with E-state index in [1.165, 1.54) is 11.3 Å². The second-order valence-electron chi connectivity index (χ2n) is 6.63. The molecule has 0 spiro atoms. The maximum Gasteiger partial charge on any atom is 0.263 e. The van der Waals surface area contributed by atoms with Crippen LogP contribution >= 0.6 is 11.3 Å². The van der Waals surface area contributed by atoms with Crippen LogP contribution in [0.2, 0.25) is 0 Å². The number of thiazole rings is 1. The fourth-order valence-corrected chi connectivity index (χ4v) is 3.96. The predicted octanol–water partition coefficient (Wildman–Crippen LogP) is 4.22. The van der Waals surface area contributed by atoms with E-state index in [1.54, 1.807) is 42.1 Å². The monoisotopic (exact) mass is 438 g/mol. The highest BCUT2D eigenvalue weighted by Crippen LogP contribution is 2.32. The second-order valence-corrected chi connectivity index (χ2v) is 7.64. The van der Waals surface area contributed by atoms with Crippen molar-refractivity contribution in [2.24, 2.45) is 0 Å². The van der Waals surface area contributed by atoms with Gasteiger partial charge in [-0.2, -0.15) is 9.78 Å². The van der Waals surface area contributed by atoms with Gasteiger partial charge < -0.3 is 19.5 Å². The fraction of sp³-hybridized carbons (Fsp3) is 0.227. The summed E-state index contributed by atoms with van der Waals surface area (Å²) in [5.74, 6) is 2.26. The normalized spacial score (nSPS) is 10.8. The van der Waals surface area contributed by atoms with Crippen LogP contribution < -0.4 is 19.5 Å². The number of nitrogens with one attached hydrogen (secondary N) is 1. The van der Waals surface area contributed by atoms with E-state index in [4.69, 9.17) is 19.2 Å². The molecule has 0 aliphatic carbocycles. The van der Waals surface area contributed by atoms with Crippen LogP contribution in [0.15, 0.2) is 48.5 Å². The van der Waals surface area contributed by atoms with Gasteiger partial charge in [0.25, 0.3) is 5.91 Å². The van der Waals surface area contributed by atoms with Crippen LogP contribution in [0.5, 0.6) is 17.2 Å². The van der Waals surface area contributed by atoms with Crippen molar-refractivity contribution in [3.63, 3.8) is 0 Å². The lowest BCUT2D eigenvalue weighted by molar-refractivity contribution is -0.118. The number of rotatable bonds is 8. The minimum absolute atomic E-state index is 0.134. The summed E-state index contributed by atoms with van der Waals surface area (Å²) in [6.45, 7) is 4.22. The van der Waals surface area contributed by atoms with E-state index in [1.807, 2.05) is 32.0 Å². The number of amides is 1. The van der Waals surface area contributed by atoms with E-state index in [2.05, 4.69) is 10.4 Å². The van der Waals surface area contributed by atoms with Gasteiger partial charge in [0, 0.05) is 6.07 Å². The number of aryl methyl sites for hydroxylation is 1. The van der Waals surface area contributed by atoms with Gasteiger partial charge in [0.05, 0.1) is 24.1 Å². The molecule has 0 aliphatic heterocycles. The van der Waals surface area contributed by atoms with Gasteiger partial charge >= 0.3 is 0 Å². The molecule has 1 amide bonds. The minimum Gasteiger partial charge on any atom is -0.497 e. The highest BCUT2D eigenvalue weighted by atomic mass is 32.1. The first-order chi connectivity index (χ1) is 15.1. The highest BCUT2D eigenvalue weighted by molar-refractivity contribution is 7.20. The first-order valence-electron chi connectivity index (χ1n) is 9.73. The van der Waals surface area contributed by atoms with Crippen molar-refractivity contribution in [2.75, 3.05) is 25.6 Å². The van der Waals surface area contributed by atoms with Crippen LogP contribution in [0.25, 0.3) is 15.3 Å². The van der Waals surface area contributed by atoms with E-state index in [-0.39, 0.29) is 12.5 Å². The molecular weight excluding hydrogens is 416 g/mol. The van der Waals surface area contributed by atoms with Crippen LogP contribution in [-0.2, 0) is 4.79 Å². The molecule has 9 heteroatoms. The van der Waals surface area contributed by atoms with Gasteiger partial charge in [-0.15, -0.1) is 0 Å². The van der Waals surface area contributed by atoms with Crippen LogP contribution in [0.1, 0.15) is 12.6 Å². The molecule has 160 valence electrons. The molecule has 4 aromatic rings. The number of nitrogens with zero attached hydrogens (tertiary/aromatic N) is 3. The highest BCUT2D eigenvalue weighted by Gasteiger charge is 2.16. The summed E-state index contributed by atoms with van der Waals surface area (Å²) in [4.78, 5) is 17.2. The number of ether oxygens (including phenoxy) is 3. The van der Waals surface area contributed by atoms with Crippen LogP contribution in [0, 0.1) is 6.92 Å². The van der Waals surface area contributed by atoms with E-state index >= 15 is 0 Å². The summed E-state index contributed by atoms with van der Waals surface area (Å²) in [6.07, 6.45) is 0. The summed E-state index contributed by atoms with van der Waals surface area (Å²) >= 11 is 1.47. The Morgan fingerprint density at radius 1 is 1.13 bits per heavy atom. The first kappa shape index (κ1) is 20.7. The number of carbonyl (C=O) groups excluding carboxylic acids is 1. The van der Waals surface area contributed by atoms with E-state index in [9.17, 15) is 4.79 Å². The van der Waals surface area contributed by atoms with Gasteiger partial charge in [0.2, 0.25) is 5.13 Å². The molecule has 0 saturated carbocycles. The van der Waals surface area contributed by atoms with Crippen LogP contribution in [-0.4, -0.2) is 41.0 Å². The van der Waals surface area contributed by atoms with Crippen molar-refractivity contribution in [3.05, 3.63) is 54.2 Å². The Kier molecular flexibility index (Phi) is 6.03. The third-order valence-electron chi connectivity index (χ3n) is 4.38. The Morgan fingerprint density at radius 2 is 1.90 bits per heavy atom. The minimum atomic E-state index is -0.298. The Hall–Kier alpha value is -3.59.